The van der Waals surface area contributed by atoms with Gasteiger partial charge in [0.15, 0.2) is 8.07 Å². The van der Waals surface area contributed by atoms with Gasteiger partial charge < -0.3 is 0 Å². The summed E-state index contributed by atoms with van der Waals surface area (Å²) in [5, 5.41) is 6.73. The van der Waals surface area contributed by atoms with Gasteiger partial charge in [0.25, 0.3) is 0 Å². The lowest BCUT2D eigenvalue weighted by atomic mass is 9.91. The minimum Gasteiger partial charge on any atom is -0.0788 e. The van der Waals surface area contributed by atoms with E-state index in [1.165, 1.54) is 0 Å². The third-order valence-corrected chi connectivity index (χ3v) is 10.8. The normalized spacial score (nSPS) is 28.0. The molecule has 0 saturated carbocycles. The average Bonchev–Trinajstić information content (AvgIpc) is 2.23. The molecule has 1 spiro atoms. The predicted octanol–water partition coefficient (Wildman–Crippen LogP) is 7.51. The molecule has 140 valence electrons. The highest BCUT2D eigenvalue weighted by Gasteiger charge is 2.61. The van der Waals surface area contributed by atoms with E-state index in [1.807, 2.05) is 0 Å². The van der Waals surface area contributed by atoms with E-state index >= 15 is 0 Å². The van der Waals surface area contributed by atoms with Gasteiger partial charge in [-0.3, -0.25) is 0 Å². The van der Waals surface area contributed by atoms with Crippen LogP contribution in [0.15, 0.2) is 45.1 Å². The number of rotatable bonds is 0. The van der Waals surface area contributed by atoms with Crippen LogP contribution in [-0.2, 0) is 0 Å². The predicted molar refractivity (Wildman–Crippen MR) is 116 cm³/mol. The van der Waals surface area contributed by atoms with Crippen molar-refractivity contribution in [3.63, 3.8) is 0 Å². The van der Waals surface area contributed by atoms with Crippen LogP contribution in [0.25, 0.3) is 0 Å². The molecule has 0 N–H and O–H groups in total. The van der Waals surface area contributed by atoms with E-state index in [1.54, 1.807) is 20.8 Å². The van der Waals surface area contributed by atoms with E-state index in [9.17, 15) is 0 Å². The molecule has 2 rings (SSSR count). The Morgan fingerprint density at radius 3 is 1.04 bits per heavy atom. The van der Waals surface area contributed by atoms with Crippen molar-refractivity contribution >= 4 is 8.07 Å². The van der Waals surface area contributed by atoms with Gasteiger partial charge in [0.05, 0.1) is 0 Å². The van der Waals surface area contributed by atoms with Crippen molar-refractivity contribution in [1.82, 2.24) is 0 Å². The molecule has 0 aromatic carbocycles. The van der Waals surface area contributed by atoms with E-state index in [0.717, 1.165) is 0 Å². The Hall–Kier alpha value is -0.823. The minimum atomic E-state index is -1.85. The van der Waals surface area contributed by atoms with E-state index < -0.39 is 8.07 Å². The van der Waals surface area contributed by atoms with Crippen LogP contribution < -0.4 is 0 Å². The van der Waals surface area contributed by atoms with Crippen LogP contribution in [0.2, 0.25) is 0 Å². The number of allylic oxidation sites excluding steroid dienone is 8. The molecule has 0 bridgehead atoms. The fourth-order valence-electron chi connectivity index (χ4n) is 4.31. The first kappa shape index (κ1) is 20.5. The maximum atomic E-state index is 2.56. The molecule has 2 aliphatic rings. The molecule has 0 aromatic heterocycles. The molecule has 0 saturated heterocycles. The summed E-state index contributed by atoms with van der Waals surface area (Å²) in [6.45, 7) is 28.4. The molecule has 0 aliphatic carbocycles. The Morgan fingerprint density at radius 2 is 0.840 bits per heavy atom. The summed E-state index contributed by atoms with van der Waals surface area (Å²) >= 11 is 0. The highest BCUT2D eigenvalue weighted by molar-refractivity contribution is 7.10. The summed E-state index contributed by atoms with van der Waals surface area (Å²) in [6, 6.07) is 0. The quantitative estimate of drug-likeness (QED) is 0.394. The topological polar surface area (TPSA) is 0 Å². The molecule has 2 heterocycles. The van der Waals surface area contributed by atoms with Gasteiger partial charge in [0.1, 0.15) is 0 Å². The summed E-state index contributed by atoms with van der Waals surface area (Å²) < 4.78 is 0. The smallest absolute Gasteiger partial charge is 0.0788 e. The Labute approximate surface area is 158 Å². The second-order valence-corrected chi connectivity index (χ2v) is 16.0. The van der Waals surface area contributed by atoms with Crippen molar-refractivity contribution in [2.75, 3.05) is 0 Å². The lowest BCUT2D eigenvalue weighted by Gasteiger charge is -2.59. The molecule has 0 aromatic rings. The third kappa shape index (κ3) is 3.68. The molecule has 0 fully saturated rings. The first-order chi connectivity index (χ1) is 10.9. The highest BCUT2D eigenvalue weighted by atomic mass is 28.3. The van der Waals surface area contributed by atoms with Crippen molar-refractivity contribution in [3.8, 4) is 0 Å². The van der Waals surface area contributed by atoms with Crippen molar-refractivity contribution in [2.24, 2.45) is 21.7 Å². The summed E-state index contributed by atoms with van der Waals surface area (Å²) in [5.74, 6) is 0. The standard InChI is InChI=1S/C24H40Si/c1-21(2,3)15-17-13-19(23(7,8)9)25(17)18(16-22(4,5)6)14-20(25)24(10,11)12/h13-16H,1-12H3. The Morgan fingerprint density at radius 1 is 0.560 bits per heavy atom. The van der Waals surface area contributed by atoms with Crippen LogP contribution in [0.1, 0.15) is 83.1 Å². The SMILES string of the molecule is CC(C)(C)C=C1C=C(C(C)(C)C)[Si]12C(=CC(C)(C)C)C=C2C(C)(C)C. The Bertz CT molecular complexity index is 618. The lowest BCUT2D eigenvalue weighted by Crippen LogP contribution is -2.61. The fraction of sp³-hybridized carbons (Fsp3) is 0.667. The van der Waals surface area contributed by atoms with Crippen LogP contribution >= 0.6 is 0 Å². The van der Waals surface area contributed by atoms with Crippen LogP contribution in [0, 0.1) is 21.7 Å². The maximum Gasteiger partial charge on any atom is 0.172 e. The van der Waals surface area contributed by atoms with Crippen molar-refractivity contribution in [2.45, 2.75) is 83.1 Å². The molecule has 2 aliphatic heterocycles. The molecule has 0 unspecified atom stereocenters. The molecule has 1 heteroatoms. The summed E-state index contributed by atoms with van der Waals surface area (Å²) in [4.78, 5) is 0. The van der Waals surface area contributed by atoms with Gasteiger partial charge >= 0.3 is 0 Å². The lowest BCUT2D eigenvalue weighted by molar-refractivity contribution is 0.496. The Balaban J connectivity index is 2.78. The molecular weight excluding hydrogens is 316 g/mol. The number of hydrogen-bond acceptors (Lipinski definition) is 0. The molecule has 0 amide bonds. The van der Waals surface area contributed by atoms with Crippen LogP contribution in [0.3, 0.4) is 0 Å². The van der Waals surface area contributed by atoms with Crippen molar-refractivity contribution in [1.29, 1.82) is 0 Å². The second kappa shape index (κ2) is 5.59. The summed E-state index contributed by atoms with van der Waals surface area (Å²) in [5.41, 5.74) is 0.924. The van der Waals surface area contributed by atoms with E-state index in [-0.39, 0.29) is 21.7 Å². The zero-order chi connectivity index (χ0) is 19.6. The molecule has 0 radical (unpaired) electrons. The zero-order valence-electron chi connectivity index (χ0n) is 18.8. The largest absolute Gasteiger partial charge is 0.172 e. The molecular formula is C24H40Si. The second-order valence-electron chi connectivity index (χ2n) is 12.3. The van der Waals surface area contributed by atoms with E-state index in [2.05, 4.69) is 107 Å². The highest BCUT2D eigenvalue weighted by Crippen LogP contribution is 2.62. The number of hydrogen-bond donors (Lipinski definition) is 0. The van der Waals surface area contributed by atoms with Gasteiger partial charge in [-0.05, 0) is 32.1 Å². The van der Waals surface area contributed by atoms with Crippen molar-refractivity contribution < 1.29 is 0 Å². The van der Waals surface area contributed by atoms with Crippen LogP contribution in [0.5, 0.6) is 0 Å². The average molecular weight is 357 g/mol. The summed E-state index contributed by atoms with van der Waals surface area (Å²) in [6.07, 6.45) is 10.2. The monoisotopic (exact) mass is 356 g/mol. The van der Waals surface area contributed by atoms with Crippen LogP contribution in [0.4, 0.5) is 0 Å². The zero-order valence-corrected chi connectivity index (χ0v) is 19.8. The van der Waals surface area contributed by atoms with Gasteiger partial charge in [-0.15, -0.1) is 0 Å². The van der Waals surface area contributed by atoms with Gasteiger partial charge in [-0.25, -0.2) is 0 Å². The molecule has 0 nitrogen and oxygen atoms in total. The van der Waals surface area contributed by atoms with Gasteiger partial charge in [-0.1, -0.05) is 118 Å². The first-order valence-electron chi connectivity index (χ1n) is 9.81. The summed E-state index contributed by atoms with van der Waals surface area (Å²) in [7, 11) is -1.85. The van der Waals surface area contributed by atoms with E-state index in [0.29, 0.717) is 0 Å². The van der Waals surface area contributed by atoms with Crippen molar-refractivity contribution in [3.05, 3.63) is 45.1 Å². The first-order valence-corrected chi connectivity index (χ1v) is 11.8. The van der Waals surface area contributed by atoms with Crippen LogP contribution in [-0.4, -0.2) is 8.07 Å². The third-order valence-electron chi connectivity index (χ3n) is 5.07. The van der Waals surface area contributed by atoms with Gasteiger partial charge in [0, 0.05) is 0 Å². The Kier molecular flexibility index (Phi) is 4.58. The maximum absolute atomic E-state index is 2.56. The molecule has 25 heavy (non-hydrogen) atoms. The van der Waals surface area contributed by atoms with E-state index in [4.69, 9.17) is 0 Å². The van der Waals surface area contributed by atoms with Gasteiger partial charge in [-0.2, -0.15) is 0 Å². The van der Waals surface area contributed by atoms with Gasteiger partial charge in [0.2, 0.25) is 0 Å². The molecule has 0 atom stereocenters. The minimum absolute atomic E-state index is 0.223. The fourth-order valence-corrected chi connectivity index (χ4v) is 10.7.